The van der Waals surface area contributed by atoms with Gasteiger partial charge in [-0.1, -0.05) is 58.3 Å². The van der Waals surface area contributed by atoms with E-state index in [0.29, 0.717) is 6.42 Å². The number of rotatable bonds is 16. The number of benzene rings is 1. The number of nitro groups is 1. The number of carbonyl (C=O) groups is 1. The van der Waals surface area contributed by atoms with E-state index in [0.717, 1.165) is 25.7 Å². The van der Waals surface area contributed by atoms with Crippen molar-refractivity contribution in [3.63, 3.8) is 0 Å². The molecule has 0 radical (unpaired) electrons. The monoisotopic (exact) mass is 541 g/mol. The van der Waals surface area contributed by atoms with E-state index in [-0.39, 0.29) is 24.5 Å². The Labute approximate surface area is 224 Å². The largest absolute Gasteiger partial charge is 0.523 e. The Balaban J connectivity index is 2.31. The summed E-state index contributed by atoms with van der Waals surface area (Å²) >= 11 is 0. The highest BCUT2D eigenvalue weighted by molar-refractivity contribution is 5.83. The lowest BCUT2D eigenvalue weighted by Crippen LogP contribution is -2.73. The average Bonchev–Trinajstić information content (AvgIpc) is 2.91. The van der Waals surface area contributed by atoms with Crippen molar-refractivity contribution < 1.29 is 39.6 Å². The van der Waals surface area contributed by atoms with Gasteiger partial charge in [-0.2, -0.15) is 9.28 Å². The van der Waals surface area contributed by atoms with Crippen LogP contribution in [0.3, 0.4) is 0 Å². The van der Waals surface area contributed by atoms with Crippen LogP contribution in [0.4, 0.5) is 16.2 Å². The van der Waals surface area contributed by atoms with E-state index in [4.69, 9.17) is 9.47 Å². The van der Waals surface area contributed by atoms with E-state index in [1.54, 1.807) is 6.92 Å². The molecular formula is C27H45N2O9+. The maximum Gasteiger partial charge on any atom is 0.523 e. The topological polar surface area (TPSA) is 160 Å². The van der Waals surface area contributed by atoms with Crippen molar-refractivity contribution in [2.24, 2.45) is 0 Å². The van der Waals surface area contributed by atoms with Gasteiger partial charge in [0.25, 0.3) is 5.69 Å². The Morgan fingerprint density at radius 2 is 1.47 bits per heavy atom. The lowest BCUT2D eigenvalue weighted by atomic mass is 9.95. The summed E-state index contributed by atoms with van der Waals surface area (Å²) in [6, 6.07) is 5.33. The molecule has 2 unspecified atom stereocenters. The van der Waals surface area contributed by atoms with Crippen molar-refractivity contribution in [1.82, 2.24) is 4.48 Å². The molecule has 1 aromatic carbocycles. The van der Waals surface area contributed by atoms with E-state index >= 15 is 0 Å². The maximum atomic E-state index is 13.6. The third kappa shape index (κ3) is 7.93. The normalized spacial score (nSPS) is 25.1. The molecule has 38 heavy (non-hydrogen) atoms. The number of aliphatic hydroxyl groups excluding tert-OH is 4. The van der Waals surface area contributed by atoms with Crippen molar-refractivity contribution in [3.05, 3.63) is 34.4 Å². The lowest BCUT2D eigenvalue weighted by molar-refractivity contribution is -0.384. The highest BCUT2D eigenvalue weighted by atomic mass is 16.6. The third-order valence-corrected chi connectivity index (χ3v) is 7.28. The number of nitro benzene ring substituents is 1. The molecule has 2 rings (SSSR count). The predicted octanol–water partition coefficient (Wildman–Crippen LogP) is 3.78. The van der Waals surface area contributed by atoms with Crippen molar-refractivity contribution in [3.8, 4) is 0 Å². The molecule has 0 spiro atoms. The van der Waals surface area contributed by atoms with Crippen molar-refractivity contribution >= 4 is 17.5 Å². The number of nitrogens with zero attached hydrogens (tertiary/aromatic N) is 2. The molecule has 1 aromatic rings. The van der Waals surface area contributed by atoms with Crippen LogP contribution in [0.5, 0.6) is 0 Å². The number of carbonyl (C=O) groups excluding carboxylic acids is 1. The van der Waals surface area contributed by atoms with Gasteiger partial charge >= 0.3 is 6.09 Å². The first-order chi connectivity index (χ1) is 18.2. The van der Waals surface area contributed by atoms with Crippen LogP contribution in [0, 0.1) is 10.1 Å². The summed E-state index contributed by atoms with van der Waals surface area (Å²) in [7, 11) is 0. The number of amides is 1. The fraction of sp³-hybridized carbons (Fsp3) is 0.741. The number of ether oxygens (including phenoxy) is 2. The fourth-order valence-electron chi connectivity index (χ4n) is 5.08. The molecule has 11 nitrogen and oxygen atoms in total. The fourth-order valence-corrected chi connectivity index (χ4v) is 5.08. The first-order valence-electron chi connectivity index (χ1n) is 13.8. The molecule has 0 saturated carbocycles. The van der Waals surface area contributed by atoms with Crippen LogP contribution in [-0.2, 0) is 9.47 Å². The summed E-state index contributed by atoms with van der Waals surface area (Å²) in [4.78, 5) is 24.3. The minimum Gasteiger partial charge on any atom is -0.420 e. The van der Waals surface area contributed by atoms with Gasteiger partial charge in [0, 0.05) is 24.3 Å². The number of hydrogen-bond acceptors (Lipinski definition) is 9. The van der Waals surface area contributed by atoms with E-state index < -0.39 is 52.8 Å². The van der Waals surface area contributed by atoms with Crippen LogP contribution in [0.25, 0.3) is 0 Å². The van der Waals surface area contributed by atoms with E-state index in [9.17, 15) is 35.3 Å². The van der Waals surface area contributed by atoms with Crippen molar-refractivity contribution in [1.29, 1.82) is 0 Å². The maximum absolute atomic E-state index is 13.6. The van der Waals surface area contributed by atoms with Crippen LogP contribution >= 0.6 is 0 Å². The Kier molecular flexibility index (Phi) is 13.6. The van der Waals surface area contributed by atoms with E-state index in [1.165, 1.54) is 56.4 Å². The Bertz CT molecular complexity index is 851. The quantitative estimate of drug-likeness (QED) is 0.106. The van der Waals surface area contributed by atoms with Gasteiger partial charge < -0.3 is 29.9 Å². The highest BCUT2D eigenvalue weighted by Gasteiger charge is 2.58. The minimum absolute atomic E-state index is 0.0290. The molecule has 1 heterocycles. The van der Waals surface area contributed by atoms with Gasteiger partial charge in [-0.3, -0.25) is 10.1 Å². The zero-order valence-corrected chi connectivity index (χ0v) is 22.6. The molecule has 0 aliphatic carbocycles. The third-order valence-electron chi connectivity index (χ3n) is 7.28. The summed E-state index contributed by atoms with van der Waals surface area (Å²) in [6.45, 7) is 3.33. The standard InChI is InChI=1S/C27H45N2O9/c1-3-5-6-7-8-9-10-11-12-13-18-29(27(34)37-4-2,21-16-14-20(15-17-21)28(35)36)26-25(33)24(32)23(31)22(19-30)38-26/h14-17,22-26,30-33H,3-13,18-19H2,1-2H3/q+1/t22-,23-,24+,25-,26?,29?/m1/s1. The first kappa shape index (κ1) is 32.1. The van der Waals surface area contributed by atoms with Crippen LogP contribution in [0.2, 0.25) is 0 Å². The molecule has 1 fully saturated rings. The molecule has 1 aliphatic rings. The lowest BCUT2D eigenvalue weighted by Gasteiger charge is -2.47. The highest BCUT2D eigenvalue weighted by Crippen LogP contribution is 2.37. The molecule has 1 saturated heterocycles. The second-order valence-electron chi connectivity index (χ2n) is 9.97. The zero-order valence-electron chi connectivity index (χ0n) is 22.6. The number of hydrogen-bond donors (Lipinski definition) is 4. The summed E-state index contributed by atoms with van der Waals surface area (Å²) in [6.07, 6.45) is 2.23. The summed E-state index contributed by atoms with van der Waals surface area (Å²) in [5.74, 6) is 0. The van der Waals surface area contributed by atoms with E-state index in [2.05, 4.69) is 6.92 Å². The van der Waals surface area contributed by atoms with Gasteiger partial charge in [0.15, 0.2) is 6.10 Å². The minimum atomic E-state index is -1.70. The summed E-state index contributed by atoms with van der Waals surface area (Å²) in [5, 5.41) is 52.8. The second-order valence-corrected chi connectivity index (χ2v) is 9.97. The van der Waals surface area contributed by atoms with Crippen LogP contribution in [0.1, 0.15) is 78.1 Å². The predicted molar refractivity (Wildman–Crippen MR) is 142 cm³/mol. The Hall–Kier alpha value is -2.15. The SMILES string of the molecule is CCCCCCCCCCCC[N+](C(=O)OCC)(c1ccc([N+](=O)[O-])cc1)C1O[C@H](CO)[C@@H](O)[C@H](O)[C@H]1O. The Morgan fingerprint density at radius 3 is 1.97 bits per heavy atom. The van der Waals surface area contributed by atoms with Crippen molar-refractivity contribution in [2.45, 2.75) is 109 Å². The van der Waals surface area contributed by atoms with Gasteiger partial charge in [0.1, 0.15) is 24.0 Å². The molecule has 6 atom stereocenters. The smallest absolute Gasteiger partial charge is 0.420 e. The Morgan fingerprint density at radius 1 is 0.921 bits per heavy atom. The van der Waals surface area contributed by atoms with Gasteiger partial charge in [0.2, 0.25) is 6.23 Å². The van der Waals surface area contributed by atoms with Gasteiger partial charge in [0.05, 0.1) is 24.7 Å². The van der Waals surface area contributed by atoms with Crippen LogP contribution in [0.15, 0.2) is 24.3 Å². The van der Waals surface area contributed by atoms with Crippen LogP contribution in [-0.4, -0.2) is 81.8 Å². The van der Waals surface area contributed by atoms with Crippen molar-refractivity contribution in [2.75, 3.05) is 19.8 Å². The first-order valence-corrected chi connectivity index (χ1v) is 13.8. The number of aliphatic hydroxyl groups is 4. The number of non-ortho nitro benzene ring substituents is 1. The summed E-state index contributed by atoms with van der Waals surface area (Å²) in [5.41, 5.74) is 0.0951. The van der Waals surface area contributed by atoms with Gasteiger partial charge in [-0.25, -0.2) is 0 Å². The number of quaternary nitrogens is 1. The second kappa shape index (κ2) is 16.1. The van der Waals surface area contributed by atoms with Gasteiger partial charge in [-0.15, -0.1) is 0 Å². The molecule has 0 bridgehead atoms. The molecule has 1 amide bonds. The molecule has 11 heteroatoms. The number of unbranched alkanes of at least 4 members (excludes halogenated alkanes) is 9. The van der Waals surface area contributed by atoms with E-state index in [1.807, 2.05) is 0 Å². The molecule has 216 valence electrons. The van der Waals surface area contributed by atoms with Gasteiger partial charge in [-0.05, 0) is 19.8 Å². The molecular weight excluding hydrogens is 496 g/mol. The molecule has 1 aliphatic heterocycles. The zero-order chi connectivity index (χ0) is 28.1. The summed E-state index contributed by atoms with van der Waals surface area (Å²) < 4.78 is 10.6. The van der Waals surface area contributed by atoms with Crippen LogP contribution < -0.4 is 4.48 Å². The molecule has 0 aromatic heterocycles. The average molecular weight is 542 g/mol. The molecule has 4 N–H and O–H groups in total.